The summed E-state index contributed by atoms with van der Waals surface area (Å²) >= 11 is 0. The molecule has 4 rings (SSSR count). The average molecular weight is 375 g/mol. The van der Waals surface area contributed by atoms with Gasteiger partial charge in [0.2, 0.25) is 0 Å². The third-order valence-electron chi connectivity index (χ3n) is 5.24. The molecule has 1 aliphatic carbocycles. The van der Waals surface area contributed by atoms with Gasteiger partial charge in [0, 0.05) is 41.2 Å². The van der Waals surface area contributed by atoms with Gasteiger partial charge in [-0.1, -0.05) is 12.1 Å². The van der Waals surface area contributed by atoms with Crippen LogP contribution in [0.25, 0.3) is 11.3 Å². The molecule has 2 heterocycles. The molecule has 0 unspecified atom stereocenters. The number of benzene rings is 1. The van der Waals surface area contributed by atoms with Gasteiger partial charge in [-0.15, -0.1) is 0 Å². The van der Waals surface area contributed by atoms with Crippen LogP contribution < -0.4 is 5.32 Å². The molecule has 0 fully saturated rings. The summed E-state index contributed by atoms with van der Waals surface area (Å²) in [6.45, 7) is 6.51. The summed E-state index contributed by atoms with van der Waals surface area (Å²) in [5, 5.41) is 2.97. The molecule has 2 N–H and O–H groups in total. The number of amides is 1. The van der Waals surface area contributed by atoms with Crippen LogP contribution >= 0.6 is 0 Å². The molecule has 0 saturated heterocycles. The fraction of sp³-hybridized carbons (Fsp3) is 0.364. The van der Waals surface area contributed by atoms with E-state index in [0.717, 1.165) is 47.1 Å². The van der Waals surface area contributed by atoms with Crippen LogP contribution in [0.4, 0.5) is 0 Å². The number of hydrogen-bond donors (Lipinski definition) is 2. The summed E-state index contributed by atoms with van der Waals surface area (Å²) in [6, 6.07) is 7.54. The van der Waals surface area contributed by atoms with Crippen molar-refractivity contribution in [3.05, 3.63) is 64.1 Å². The Morgan fingerprint density at radius 1 is 1.07 bits per heavy atom. The molecule has 2 aromatic heterocycles. The highest BCUT2D eigenvalue weighted by molar-refractivity contribution is 5.94. The van der Waals surface area contributed by atoms with Crippen molar-refractivity contribution in [2.24, 2.45) is 0 Å². The number of carbonyl (C=O) groups excluding carboxylic acids is 1. The normalized spacial score (nSPS) is 12.8. The maximum Gasteiger partial charge on any atom is 0.251 e. The molecule has 0 radical (unpaired) electrons. The molecule has 0 spiro atoms. The van der Waals surface area contributed by atoms with Crippen molar-refractivity contribution in [1.82, 2.24) is 25.3 Å². The van der Waals surface area contributed by atoms with E-state index >= 15 is 0 Å². The lowest BCUT2D eigenvalue weighted by atomic mass is 10.1. The first-order chi connectivity index (χ1) is 13.5. The fourth-order valence-electron chi connectivity index (χ4n) is 3.86. The lowest BCUT2D eigenvalue weighted by Gasteiger charge is -2.08. The van der Waals surface area contributed by atoms with Gasteiger partial charge in [-0.25, -0.2) is 15.0 Å². The average Bonchev–Trinajstić information content (AvgIpc) is 3.28. The first kappa shape index (κ1) is 18.3. The maximum absolute atomic E-state index is 12.4. The van der Waals surface area contributed by atoms with Gasteiger partial charge < -0.3 is 10.3 Å². The van der Waals surface area contributed by atoms with Crippen LogP contribution in [0.1, 0.15) is 51.1 Å². The molecule has 3 aromatic rings. The predicted octanol–water partition coefficient (Wildman–Crippen LogP) is 3.25. The summed E-state index contributed by atoms with van der Waals surface area (Å²) in [5.41, 5.74) is 7.18. The third-order valence-corrected chi connectivity index (χ3v) is 5.24. The second-order valence-electron chi connectivity index (χ2n) is 7.38. The van der Waals surface area contributed by atoms with Crippen LogP contribution in [0.2, 0.25) is 0 Å². The minimum atomic E-state index is -0.0839. The molecule has 0 aliphatic heterocycles. The smallest absolute Gasteiger partial charge is 0.251 e. The highest BCUT2D eigenvalue weighted by Gasteiger charge is 2.17. The topological polar surface area (TPSA) is 83.6 Å². The molecular formula is C22H25N5O. The third kappa shape index (κ3) is 3.67. The van der Waals surface area contributed by atoms with Gasteiger partial charge in [0.15, 0.2) is 0 Å². The Balaban J connectivity index is 1.36. The van der Waals surface area contributed by atoms with Crippen LogP contribution in [0.3, 0.4) is 0 Å². The number of H-pyrrole nitrogens is 1. The minimum Gasteiger partial charge on any atom is -0.352 e. The molecule has 0 bridgehead atoms. The van der Waals surface area contributed by atoms with Crippen molar-refractivity contribution in [1.29, 1.82) is 0 Å². The van der Waals surface area contributed by atoms with Gasteiger partial charge in [0.05, 0.1) is 5.69 Å². The molecule has 1 aliphatic rings. The Labute approximate surface area is 164 Å². The van der Waals surface area contributed by atoms with E-state index < -0.39 is 0 Å². The monoisotopic (exact) mass is 375 g/mol. The highest BCUT2D eigenvalue weighted by Crippen LogP contribution is 2.23. The second kappa shape index (κ2) is 7.54. The number of hydrogen-bond acceptors (Lipinski definition) is 4. The minimum absolute atomic E-state index is 0.0839. The first-order valence-electron chi connectivity index (χ1n) is 9.78. The zero-order chi connectivity index (χ0) is 19.7. The van der Waals surface area contributed by atoms with Crippen molar-refractivity contribution < 1.29 is 4.79 Å². The number of fused-ring (bicyclic) bond motifs is 1. The molecule has 28 heavy (non-hydrogen) atoms. The van der Waals surface area contributed by atoms with E-state index in [2.05, 4.69) is 32.2 Å². The Hall–Kier alpha value is -3.02. The van der Waals surface area contributed by atoms with E-state index in [1.165, 1.54) is 17.7 Å². The summed E-state index contributed by atoms with van der Waals surface area (Å²) in [4.78, 5) is 29.4. The molecule has 1 amide bonds. The van der Waals surface area contributed by atoms with Crippen molar-refractivity contribution in [3.8, 4) is 11.3 Å². The van der Waals surface area contributed by atoms with Crippen LogP contribution in [-0.2, 0) is 19.3 Å². The number of aryl methyl sites for hydroxylation is 4. The van der Waals surface area contributed by atoms with Gasteiger partial charge in [-0.05, 0) is 57.7 Å². The molecule has 6 nitrogen and oxygen atoms in total. The summed E-state index contributed by atoms with van der Waals surface area (Å²) in [7, 11) is 0. The Morgan fingerprint density at radius 3 is 2.57 bits per heavy atom. The van der Waals surface area contributed by atoms with Crippen LogP contribution in [0.5, 0.6) is 0 Å². The molecule has 1 aromatic carbocycles. The zero-order valence-electron chi connectivity index (χ0n) is 16.6. The SMILES string of the molecule is Cc1nc(-c2ccc(C(=O)NCCc3nc(C)c4c(n3)CCC4)cc2)c(C)[nH]1. The lowest BCUT2D eigenvalue weighted by Crippen LogP contribution is -2.26. The Morgan fingerprint density at radius 2 is 1.86 bits per heavy atom. The van der Waals surface area contributed by atoms with Gasteiger partial charge in [-0.2, -0.15) is 0 Å². The highest BCUT2D eigenvalue weighted by atomic mass is 16.1. The van der Waals surface area contributed by atoms with Crippen molar-refractivity contribution in [2.45, 2.75) is 46.5 Å². The fourth-order valence-corrected chi connectivity index (χ4v) is 3.86. The number of imidazole rings is 1. The van der Waals surface area contributed by atoms with Gasteiger partial charge in [0.1, 0.15) is 11.6 Å². The Bertz CT molecular complexity index is 1020. The van der Waals surface area contributed by atoms with Crippen molar-refractivity contribution >= 4 is 5.91 Å². The molecule has 0 saturated carbocycles. The van der Waals surface area contributed by atoms with E-state index in [1.807, 2.05) is 38.1 Å². The van der Waals surface area contributed by atoms with Gasteiger partial charge in [-0.3, -0.25) is 4.79 Å². The number of aromatic amines is 1. The van der Waals surface area contributed by atoms with E-state index in [1.54, 1.807) is 0 Å². The van der Waals surface area contributed by atoms with Crippen LogP contribution in [0.15, 0.2) is 24.3 Å². The quantitative estimate of drug-likeness (QED) is 0.717. The van der Waals surface area contributed by atoms with Crippen molar-refractivity contribution in [3.63, 3.8) is 0 Å². The summed E-state index contributed by atoms with van der Waals surface area (Å²) in [6.07, 6.45) is 3.94. The number of nitrogens with one attached hydrogen (secondary N) is 2. The van der Waals surface area contributed by atoms with Crippen LogP contribution in [-0.4, -0.2) is 32.4 Å². The summed E-state index contributed by atoms with van der Waals surface area (Å²) < 4.78 is 0. The van der Waals surface area contributed by atoms with E-state index in [4.69, 9.17) is 0 Å². The Kier molecular flexibility index (Phi) is 4.94. The first-order valence-corrected chi connectivity index (χ1v) is 9.78. The number of nitrogens with zero attached hydrogens (tertiary/aromatic N) is 3. The van der Waals surface area contributed by atoms with Crippen LogP contribution in [0, 0.1) is 20.8 Å². The number of aromatic nitrogens is 4. The van der Waals surface area contributed by atoms with E-state index in [-0.39, 0.29) is 5.91 Å². The standard InChI is InChI=1S/C22H25N5O/c1-13-18-5-4-6-19(18)27-20(25-13)11-12-23-22(28)17-9-7-16(8-10-17)21-14(2)24-15(3)26-21/h7-10H,4-6,11-12H2,1-3H3,(H,23,28)(H,24,26). The molecule has 144 valence electrons. The van der Waals surface area contributed by atoms with Gasteiger partial charge >= 0.3 is 0 Å². The predicted molar refractivity (Wildman–Crippen MR) is 108 cm³/mol. The van der Waals surface area contributed by atoms with Gasteiger partial charge in [0.25, 0.3) is 5.91 Å². The zero-order valence-corrected chi connectivity index (χ0v) is 16.6. The molecule has 0 atom stereocenters. The summed E-state index contributed by atoms with van der Waals surface area (Å²) in [5.74, 6) is 1.62. The van der Waals surface area contributed by atoms with Crippen molar-refractivity contribution in [2.75, 3.05) is 6.54 Å². The lowest BCUT2D eigenvalue weighted by molar-refractivity contribution is 0.0954. The van der Waals surface area contributed by atoms with E-state index in [0.29, 0.717) is 18.5 Å². The molecule has 6 heteroatoms. The maximum atomic E-state index is 12.4. The number of carbonyl (C=O) groups is 1. The number of rotatable bonds is 5. The second-order valence-corrected chi connectivity index (χ2v) is 7.38. The van der Waals surface area contributed by atoms with E-state index in [9.17, 15) is 4.79 Å². The largest absolute Gasteiger partial charge is 0.352 e. The molecular weight excluding hydrogens is 350 g/mol.